The van der Waals surface area contributed by atoms with E-state index in [0.29, 0.717) is 0 Å². The average molecular weight is 309 g/mol. The summed E-state index contributed by atoms with van der Waals surface area (Å²) in [4.78, 5) is 33.3. The highest BCUT2D eigenvalue weighted by atomic mass is 16.6. The van der Waals surface area contributed by atoms with E-state index in [2.05, 4.69) is 4.74 Å². The molecule has 8 heteroatoms. The molecule has 0 spiro atoms. The van der Waals surface area contributed by atoms with E-state index in [1.807, 2.05) is 0 Å². The van der Waals surface area contributed by atoms with E-state index >= 15 is 0 Å². The van der Waals surface area contributed by atoms with Crippen molar-refractivity contribution in [3.63, 3.8) is 0 Å². The average Bonchev–Trinajstić information content (AvgIpc) is 2.47. The van der Waals surface area contributed by atoms with Gasteiger partial charge in [-0.25, -0.2) is 9.59 Å². The molecule has 0 saturated heterocycles. The third-order valence-electron chi connectivity index (χ3n) is 2.27. The molecule has 0 aliphatic heterocycles. The van der Waals surface area contributed by atoms with Gasteiger partial charge in [0.2, 0.25) is 5.76 Å². The van der Waals surface area contributed by atoms with Crippen LogP contribution in [0, 0.1) is 10.1 Å². The Morgan fingerprint density at radius 3 is 2.50 bits per heavy atom. The Kier molecular flexibility index (Phi) is 6.55. The lowest BCUT2D eigenvalue weighted by atomic mass is 10.3. The number of rotatable bonds is 7. The molecule has 0 aromatic heterocycles. The number of nitro groups is 1. The summed E-state index contributed by atoms with van der Waals surface area (Å²) < 4.78 is 14.7. The highest BCUT2D eigenvalue weighted by Crippen LogP contribution is 2.21. The SMILES string of the molecule is CCOC(=O)/C=C(/Oc1cccc([N+](=O)[O-])c1)C(=O)OCC. The molecule has 0 aliphatic carbocycles. The van der Waals surface area contributed by atoms with Crippen LogP contribution in [0.15, 0.2) is 36.1 Å². The highest BCUT2D eigenvalue weighted by Gasteiger charge is 2.17. The number of hydrogen-bond acceptors (Lipinski definition) is 7. The molecule has 0 fully saturated rings. The van der Waals surface area contributed by atoms with Gasteiger partial charge in [0, 0.05) is 6.07 Å². The smallest absolute Gasteiger partial charge is 0.374 e. The van der Waals surface area contributed by atoms with Crippen molar-refractivity contribution in [2.75, 3.05) is 13.2 Å². The van der Waals surface area contributed by atoms with E-state index in [4.69, 9.17) is 9.47 Å². The first-order valence-corrected chi connectivity index (χ1v) is 6.45. The van der Waals surface area contributed by atoms with Crippen molar-refractivity contribution in [2.24, 2.45) is 0 Å². The Hall–Kier alpha value is -2.90. The van der Waals surface area contributed by atoms with Gasteiger partial charge in [0.1, 0.15) is 5.75 Å². The summed E-state index contributed by atoms with van der Waals surface area (Å²) in [6.07, 6.45) is 0.834. The molecule has 0 aliphatic rings. The van der Waals surface area contributed by atoms with Crippen molar-refractivity contribution in [1.82, 2.24) is 0 Å². The summed E-state index contributed by atoms with van der Waals surface area (Å²) in [5.74, 6) is -2.04. The van der Waals surface area contributed by atoms with Crippen molar-refractivity contribution in [1.29, 1.82) is 0 Å². The number of carbonyl (C=O) groups is 2. The second kappa shape index (κ2) is 8.40. The van der Waals surface area contributed by atoms with Gasteiger partial charge in [-0.1, -0.05) is 6.07 Å². The zero-order chi connectivity index (χ0) is 16.5. The fraction of sp³-hybridized carbons (Fsp3) is 0.286. The third-order valence-corrected chi connectivity index (χ3v) is 2.27. The van der Waals surface area contributed by atoms with E-state index < -0.39 is 22.6 Å². The maximum atomic E-state index is 11.7. The Morgan fingerprint density at radius 2 is 1.91 bits per heavy atom. The number of hydrogen-bond donors (Lipinski definition) is 0. The molecule has 0 saturated carbocycles. The van der Waals surface area contributed by atoms with E-state index in [9.17, 15) is 19.7 Å². The fourth-order valence-corrected chi connectivity index (χ4v) is 1.41. The Balaban J connectivity index is 3.02. The number of carbonyl (C=O) groups excluding carboxylic acids is 2. The first kappa shape index (κ1) is 17.2. The van der Waals surface area contributed by atoms with Crippen LogP contribution in [0.4, 0.5) is 5.69 Å². The summed E-state index contributed by atoms with van der Waals surface area (Å²) in [7, 11) is 0. The van der Waals surface area contributed by atoms with Gasteiger partial charge >= 0.3 is 11.9 Å². The third kappa shape index (κ3) is 5.23. The Labute approximate surface area is 126 Å². The molecule has 0 bridgehead atoms. The first-order valence-electron chi connectivity index (χ1n) is 6.45. The predicted molar refractivity (Wildman–Crippen MR) is 75.1 cm³/mol. The minimum atomic E-state index is -0.873. The first-order chi connectivity index (χ1) is 10.5. The molecule has 0 unspecified atom stereocenters. The normalized spacial score (nSPS) is 10.7. The number of nitrogens with zero attached hydrogens (tertiary/aromatic N) is 1. The van der Waals surface area contributed by atoms with Gasteiger partial charge in [-0.3, -0.25) is 10.1 Å². The van der Waals surface area contributed by atoms with E-state index in [0.717, 1.165) is 12.1 Å². The lowest BCUT2D eigenvalue weighted by Crippen LogP contribution is -2.15. The second-order valence-electron chi connectivity index (χ2n) is 3.84. The number of benzene rings is 1. The fourth-order valence-electron chi connectivity index (χ4n) is 1.41. The highest BCUT2D eigenvalue weighted by molar-refractivity contribution is 5.95. The van der Waals surface area contributed by atoms with Crippen LogP contribution in [0.5, 0.6) is 5.75 Å². The van der Waals surface area contributed by atoms with Crippen LogP contribution in [-0.4, -0.2) is 30.1 Å². The van der Waals surface area contributed by atoms with E-state index in [1.54, 1.807) is 13.8 Å². The number of nitro benzene ring substituents is 1. The molecule has 1 aromatic carbocycles. The number of ether oxygens (including phenoxy) is 3. The van der Waals surface area contributed by atoms with Gasteiger partial charge in [-0.05, 0) is 19.9 Å². The molecule has 1 rings (SSSR count). The second-order valence-corrected chi connectivity index (χ2v) is 3.84. The maximum Gasteiger partial charge on any atom is 0.374 e. The zero-order valence-electron chi connectivity index (χ0n) is 12.1. The molecule has 22 heavy (non-hydrogen) atoms. The lowest BCUT2D eigenvalue weighted by molar-refractivity contribution is -0.384. The molecule has 0 heterocycles. The Morgan fingerprint density at radius 1 is 1.23 bits per heavy atom. The van der Waals surface area contributed by atoms with Crippen LogP contribution in [0.3, 0.4) is 0 Å². The minimum Gasteiger partial charge on any atom is -0.463 e. The molecule has 8 nitrogen and oxygen atoms in total. The van der Waals surface area contributed by atoms with Gasteiger partial charge in [-0.15, -0.1) is 0 Å². The van der Waals surface area contributed by atoms with Crippen LogP contribution < -0.4 is 4.74 Å². The van der Waals surface area contributed by atoms with Crippen molar-refractivity contribution in [3.8, 4) is 5.75 Å². The van der Waals surface area contributed by atoms with Gasteiger partial charge in [0.15, 0.2) is 0 Å². The standard InChI is InChI=1S/C14H15NO7/c1-3-20-13(16)9-12(14(17)21-4-2)22-11-7-5-6-10(8-11)15(18)19/h5-9H,3-4H2,1-2H3/b12-9+. The van der Waals surface area contributed by atoms with Crippen LogP contribution in [0.1, 0.15) is 13.8 Å². The van der Waals surface area contributed by atoms with Crippen molar-refractivity contribution in [3.05, 3.63) is 46.2 Å². The van der Waals surface area contributed by atoms with E-state index in [1.165, 1.54) is 18.2 Å². The lowest BCUT2D eigenvalue weighted by Gasteiger charge is -2.09. The zero-order valence-corrected chi connectivity index (χ0v) is 12.1. The molecule has 118 valence electrons. The number of non-ortho nitro benzene ring substituents is 1. The van der Waals surface area contributed by atoms with Crippen LogP contribution in [-0.2, 0) is 19.1 Å². The molecular formula is C14H15NO7. The Bertz CT molecular complexity index is 595. The molecular weight excluding hydrogens is 294 g/mol. The summed E-state index contributed by atoms with van der Waals surface area (Å²) in [6, 6.07) is 5.19. The summed E-state index contributed by atoms with van der Waals surface area (Å²) in [5.41, 5.74) is -0.211. The van der Waals surface area contributed by atoms with Crippen molar-refractivity contribution >= 4 is 17.6 Å². The van der Waals surface area contributed by atoms with Crippen LogP contribution in [0.2, 0.25) is 0 Å². The van der Waals surface area contributed by atoms with Crippen molar-refractivity contribution in [2.45, 2.75) is 13.8 Å². The molecule has 0 radical (unpaired) electrons. The maximum absolute atomic E-state index is 11.7. The summed E-state index contributed by atoms with van der Waals surface area (Å²) in [6.45, 7) is 3.41. The molecule has 0 N–H and O–H groups in total. The monoisotopic (exact) mass is 309 g/mol. The van der Waals surface area contributed by atoms with Crippen LogP contribution >= 0.6 is 0 Å². The minimum absolute atomic E-state index is 0.0257. The van der Waals surface area contributed by atoms with Gasteiger partial charge < -0.3 is 14.2 Å². The van der Waals surface area contributed by atoms with Crippen LogP contribution in [0.25, 0.3) is 0 Å². The molecule has 0 atom stereocenters. The number of esters is 2. The quantitative estimate of drug-likeness (QED) is 0.249. The van der Waals surface area contributed by atoms with Gasteiger partial charge in [0.05, 0.1) is 30.3 Å². The summed E-state index contributed by atoms with van der Waals surface area (Å²) in [5, 5.41) is 10.7. The predicted octanol–water partition coefficient (Wildman–Crippen LogP) is 1.98. The van der Waals surface area contributed by atoms with Gasteiger partial charge in [0.25, 0.3) is 5.69 Å². The molecule has 0 amide bonds. The topological polar surface area (TPSA) is 105 Å². The molecule has 1 aromatic rings. The summed E-state index contributed by atoms with van der Waals surface area (Å²) >= 11 is 0. The van der Waals surface area contributed by atoms with E-state index in [-0.39, 0.29) is 24.7 Å². The van der Waals surface area contributed by atoms with Crippen molar-refractivity contribution < 1.29 is 28.7 Å². The largest absolute Gasteiger partial charge is 0.463 e. The van der Waals surface area contributed by atoms with Gasteiger partial charge in [-0.2, -0.15) is 0 Å².